The van der Waals surface area contributed by atoms with Gasteiger partial charge in [0, 0.05) is 29.9 Å². The third-order valence-corrected chi connectivity index (χ3v) is 2.99. The van der Waals surface area contributed by atoms with Crippen molar-refractivity contribution in [2.24, 2.45) is 5.92 Å². The second-order valence-corrected chi connectivity index (χ2v) is 5.41. The van der Waals surface area contributed by atoms with Gasteiger partial charge in [-0.15, -0.1) is 0 Å². The van der Waals surface area contributed by atoms with Gasteiger partial charge in [-0.2, -0.15) is 5.26 Å². The minimum absolute atomic E-state index is 0.590. The van der Waals surface area contributed by atoms with E-state index in [4.69, 9.17) is 10.00 Å². The number of nitrogens with zero attached hydrogens (tertiary/aromatic N) is 1. The van der Waals surface area contributed by atoms with E-state index in [1.807, 2.05) is 18.2 Å². The second kappa shape index (κ2) is 8.12. The molecular weight excluding hydrogens is 292 g/mol. The van der Waals surface area contributed by atoms with Crippen molar-refractivity contribution in [1.82, 2.24) is 0 Å². The molecule has 0 atom stereocenters. The molecule has 1 aromatic rings. The Morgan fingerprint density at radius 3 is 2.83 bits per heavy atom. The predicted octanol–water partition coefficient (Wildman–Crippen LogP) is 3.80. The third kappa shape index (κ3) is 5.52. The molecule has 0 saturated carbocycles. The van der Waals surface area contributed by atoms with E-state index in [-0.39, 0.29) is 0 Å². The van der Waals surface area contributed by atoms with E-state index in [9.17, 15) is 0 Å². The Kier molecular flexibility index (Phi) is 6.77. The van der Waals surface area contributed by atoms with Gasteiger partial charge in [0.1, 0.15) is 6.07 Å². The van der Waals surface area contributed by atoms with Crippen LogP contribution in [0.4, 0.5) is 5.69 Å². The summed E-state index contributed by atoms with van der Waals surface area (Å²) >= 11 is 3.37. The first-order chi connectivity index (χ1) is 8.63. The van der Waals surface area contributed by atoms with Crippen molar-refractivity contribution in [3.05, 3.63) is 28.2 Å². The molecule has 0 fully saturated rings. The number of ether oxygens (including phenoxy) is 1. The monoisotopic (exact) mass is 310 g/mol. The van der Waals surface area contributed by atoms with Gasteiger partial charge in [-0.3, -0.25) is 0 Å². The van der Waals surface area contributed by atoms with Gasteiger partial charge < -0.3 is 10.1 Å². The summed E-state index contributed by atoms with van der Waals surface area (Å²) in [6.07, 6.45) is 0.977. The minimum atomic E-state index is 0.590. The zero-order valence-electron chi connectivity index (χ0n) is 10.9. The van der Waals surface area contributed by atoms with Crippen LogP contribution >= 0.6 is 15.9 Å². The molecule has 4 heteroatoms. The molecule has 0 aliphatic rings. The van der Waals surface area contributed by atoms with Gasteiger partial charge in [0.2, 0.25) is 0 Å². The van der Waals surface area contributed by atoms with Crippen LogP contribution in [-0.2, 0) is 4.74 Å². The molecule has 0 aliphatic carbocycles. The summed E-state index contributed by atoms with van der Waals surface area (Å²) in [4.78, 5) is 0. The minimum Gasteiger partial charge on any atom is -0.385 e. The zero-order valence-corrected chi connectivity index (χ0v) is 12.5. The van der Waals surface area contributed by atoms with Gasteiger partial charge in [0.15, 0.2) is 0 Å². The standard InChI is InChI=1S/C14H19BrN2O/c1-11(2)10-18-7-3-6-17-13-5-4-12(9-16)14(15)8-13/h4-5,8,11,17H,3,6-7,10H2,1-2H3. The lowest BCUT2D eigenvalue weighted by molar-refractivity contribution is 0.110. The number of anilines is 1. The maximum absolute atomic E-state index is 8.81. The van der Waals surface area contributed by atoms with E-state index in [0.29, 0.717) is 11.5 Å². The van der Waals surface area contributed by atoms with Crippen LogP contribution in [0.2, 0.25) is 0 Å². The quantitative estimate of drug-likeness (QED) is 0.779. The molecule has 0 amide bonds. The van der Waals surface area contributed by atoms with Crippen LogP contribution in [0, 0.1) is 17.2 Å². The predicted molar refractivity (Wildman–Crippen MR) is 77.6 cm³/mol. The zero-order chi connectivity index (χ0) is 13.4. The van der Waals surface area contributed by atoms with E-state index >= 15 is 0 Å². The molecule has 0 bridgehead atoms. The largest absolute Gasteiger partial charge is 0.385 e. The van der Waals surface area contributed by atoms with Crippen molar-refractivity contribution in [1.29, 1.82) is 5.26 Å². The highest BCUT2D eigenvalue weighted by Crippen LogP contribution is 2.20. The summed E-state index contributed by atoms with van der Waals surface area (Å²) in [5.74, 6) is 0.590. The van der Waals surface area contributed by atoms with E-state index in [1.165, 1.54) is 0 Å². The molecule has 3 nitrogen and oxygen atoms in total. The number of nitriles is 1. The van der Waals surface area contributed by atoms with Gasteiger partial charge in [-0.25, -0.2) is 0 Å². The van der Waals surface area contributed by atoms with Crippen LogP contribution in [0.3, 0.4) is 0 Å². The summed E-state index contributed by atoms with van der Waals surface area (Å²) < 4.78 is 6.33. The lowest BCUT2D eigenvalue weighted by Crippen LogP contribution is -2.08. The van der Waals surface area contributed by atoms with E-state index < -0.39 is 0 Å². The number of nitrogens with one attached hydrogen (secondary N) is 1. The van der Waals surface area contributed by atoms with Gasteiger partial charge in [0.25, 0.3) is 0 Å². The Morgan fingerprint density at radius 2 is 2.22 bits per heavy atom. The van der Waals surface area contributed by atoms with Crippen LogP contribution in [0.25, 0.3) is 0 Å². The molecule has 1 aromatic carbocycles. The van der Waals surface area contributed by atoms with Gasteiger partial charge >= 0.3 is 0 Å². The van der Waals surface area contributed by atoms with Gasteiger partial charge in [-0.1, -0.05) is 13.8 Å². The molecular formula is C14H19BrN2O. The van der Waals surface area contributed by atoms with Gasteiger partial charge in [0.05, 0.1) is 5.56 Å². The van der Waals surface area contributed by atoms with Crippen molar-refractivity contribution in [3.8, 4) is 6.07 Å². The lowest BCUT2D eigenvalue weighted by Gasteiger charge is -2.09. The highest BCUT2D eigenvalue weighted by Gasteiger charge is 2.00. The number of halogens is 1. The number of benzene rings is 1. The summed E-state index contributed by atoms with van der Waals surface area (Å²) in [6.45, 7) is 6.76. The van der Waals surface area contributed by atoms with Crippen LogP contribution in [0.5, 0.6) is 0 Å². The molecule has 0 saturated heterocycles. The van der Waals surface area contributed by atoms with Crippen molar-refractivity contribution in [2.75, 3.05) is 25.1 Å². The van der Waals surface area contributed by atoms with Gasteiger partial charge in [-0.05, 0) is 46.5 Å². The molecule has 0 unspecified atom stereocenters. The van der Waals surface area contributed by atoms with Crippen LogP contribution < -0.4 is 5.32 Å². The Bertz CT molecular complexity index is 413. The first kappa shape index (κ1) is 15.0. The van der Waals surface area contributed by atoms with Crippen LogP contribution in [0.15, 0.2) is 22.7 Å². The van der Waals surface area contributed by atoms with Crippen molar-refractivity contribution in [2.45, 2.75) is 20.3 Å². The second-order valence-electron chi connectivity index (χ2n) is 4.56. The smallest absolute Gasteiger partial charge is 0.100 e. The van der Waals surface area contributed by atoms with E-state index in [1.54, 1.807) is 0 Å². The topological polar surface area (TPSA) is 45.0 Å². The average Bonchev–Trinajstić information content (AvgIpc) is 2.33. The number of hydrogen-bond acceptors (Lipinski definition) is 3. The van der Waals surface area contributed by atoms with Crippen molar-refractivity contribution < 1.29 is 4.74 Å². The Hall–Kier alpha value is -1.05. The third-order valence-electron chi connectivity index (χ3n) is 2.34. The summed E-state index contributed by atoms with van der Waals surface area (Å²) in [6, 6.07) is 7.77. The molecule has 98 valence electrons. The fourth-order valence-electron chi connectivity index (χ4n) is 1.44. The molecule has 1 N–H and O–H groups in total. The maximum atomic E-state index is 8.81. The fourth-order valence-corrected chi connectivity index (χ4v) is 1.91. The SMILES string of the molecule is CC(C)COCCCNc1ccc(C#N)c(Br)c1. The van der Waals surface area contributed by atoms with Crippen LogP contribution in [-0.4, -0.2) is 19.8 Å². The Morgan fingerprint density at radius 1 is 1.44 bits per heavy atom. The molecule has 18 heavy (non-hydrogen) atoms. The molecule has 0 radical (unpaired) electrons. The Labute approximate surface area is 117 Å². The van der Waals surface area contributed by atoms with E-state index in [0.717, 1.165) is 36.3 Å². The molecule has 0 spiro atoms. The summed E-state index contributed by atoms with van der Waals surface area (Å²) in [5, 5.41) is 12.1. The van der Waals surface area contributed by atoms with Crippen molar-refractivity contribution in [3.63, 3.8) is 0 Å². The maximum Gasteiger partial charge on any atom is 0.100 e. The highest BCUT2D eigenvalue weighted by molar-refractivity contribution is 9.10. The first-order valence-electron chi connectivity index (χ1n) is 6.14. The molecule has 0 heterocycles. The molecule has 0 aliphatic heterocycles. The van der Waals surface area contributed by atoms with Crippen LogP contribution in [0.1, 0.15) is 25.8 Å². The lowest BCUT2D eigenvalue weighted by atomic mass is 10.2. The average molecular weight is 311 g/mol. The molecule has 1 rings (SSSR count). The Balaban J connectivity index is 2.24. The highest BCUT2D eigenvalue weighted by atomic mass is 79.9. The fraction of sp³-hybridized carbons (Fsp3) is 0.500. The normalized spacial score (nSPS) is 10.4. The number of hydrogen-bond donors (Lipinski definition) is 1. The summed E-state index contributed by atoms with van der Waals surface area (Å²) in [5.41, 5.74) is 1.67. The summed E-state index contributed by atoms with van der Waals surface area (Å²) in [7, 11) is 0. The van der Waals surface area contributed by atoms with E-state index in [2.05, 4.69) is 41.2 Å². The number of rotatable bonds is 7. The molecule has 0 aromatic heterocycles. The van der Waals surface area contributed by atoms with Crippen molar-refractivity contribution >= 4 is 21.6 Å². The first-order valence-corrected chi connectivity index (χ1v) is 6.94.